The summed E-state index contributed by atoms with van der Waals surface area (Å²) in [6.07, 6.45) is 3.48. The molecule has 0 aliphatic carbocycles. The predicted octanol–water partition coefficient (Wildman–Crippen LogP) is 2.89. The highest BCUT2D eigenvalue weighted by atomic mass is 16.5. The summed E-state index contributed by atoms with van der Waals surface area (Å²) in [4.78, 5) is 9.27. The van der Waals surface area contributed by atoms with Gasteiger partial charge in [0.15, 0.2) is 17.1 Å². The van der Waals surface area contributed by atoms with Crippen LogP contribution in [0.2, 0.25) is 0 Å². The molecule has 0 spiro atoms. The minimum absolute atomic E-state index is 0.496. The molecular formula is C19H17N7O2. The molecule has 140 valence electrons. The van der Waals surface area contributed by atoms with Gasteiger partial charge in [-0.05, 0) is 29.8 Å². The summed E-state index contributed by atoms with van der Waals surface area (Å²) in [5, 5.41) is 13.2. The molecular weight excluding hydrogens is 358 g/mol. The third-order valence-corrected chi connectivity index (χ3v) is 4.42. The van der Waals surface area contributed by atoms with Gasteiger partial charge in [0.2, 0.25) is 11.8 Å². The number of rotatable bonds is 5. The number of aryl methyl sites for hydroxylation is 1. The Bertz CT molecular complexity index is 1250. The van der Waals surface area contributed by atoms with E-state index >= 15 is 0 Å². The van der Waals surface area contributed by atoms with Gasteiger partial charge in [0.1, 0.15) is 5.75 Å². The Morgan fingerprint density at radius 3 is 2.71 bits per heavy atom. The molecule has 0 fully saturated rings. The van der Waals surface area contributed by atoms with Crippen molar-refractivity contribution in [3.8, 4) is 17.3 Å². The molecule has 0 saturated heterocycles. The fourth-order valence-electron chi connectivity index (χ4n) is 3.05. The number of nitrogens with one attached hydrogen (secondary N) is 1. The first-order chi connectivity index (χ1) is 13.7. The van der Waals surface area contributed by atoms with Crippen molar-refractivity contribution in [1.82, 2.24) is 29.4 Å². The van der Waals surface area contributed by atoms with Crippen LogP contribution in [0.15, 0.2) is 53.3 Å². The van der Waals surface area contributed by atoms with Crippen LogP contribution in [0, 0.1) is 0 Å². The average molecular weight is 375 g/mol. The molecule has 4 heterocycles. The highest BCUT2D eigenvalue weighted by Gasteiger charge is 2.17. The number of benzene rings is 1. The zero-order chi connectivity index (χ0) is 19.1. The number of fused-ring (bicyclic) bond motifs is 3. The van der Waals surface area contributed by atoms with E-state index in [2.05, 4.69) is 25.5 Å². The number of hydrogen-bond donors (Lipinski definition) is 1. The number of nitrogens with zero attached hydrogens (tertiary/aromatic N) is 6. The fourth-order valence-corrected chi connectivity index (χ4v) is 3.05. The topological polar surface area (TPSA) is 95.3 Å². The number of ether oxygens (including phenoxy) is 1. The smallest absolute Gasteiger partial charge is 0.228 e. The lowest BCUT2D eigenvalue weighted by molar-refractivity contribution is 0.414. The second kappa shape index (κ2) is 6.38. The zero-order valence-electron chi connectivity index (χ0n) is 15.3. The van der Waals surface area contributed by atoms with Gasteiger partial charge in [-0.2, -0.15) is 14.6 Å². The third kappa shape index (κ3) is 2.73. The van der Waals surface area contributed by atoms with Gasteiger partial charge in [0.05, 0.1) is 18.8 Å². The number of methoxy groups -OCH3 is 1. The minimum atomic E-state index is 0.496. The van der Waals surface area contributed by atoms with E-state index < -0.39 is 0 Å². The van der Waals surface area contributed by atoms with Gasteiger partial charge < -0.3 is 14.5 Å². The zero-order valence-corrected chi connectivity index (χ0v) is 15.3. The SMILES string of the molecule is COc1ccc(CNc2nc3nn(C)cc3c3nc(-c4ccco4)nn23)cc1. The molecule has 0 saturated carbocycles. The van der Waals surface area contributed by atoms with Gasteiger partial charge >= 0.3 is 0 Å². The number of anilines is 1. The molecule has 0 aliphatic rings. The van der Waals surface area contributed by atoms with Crippen molar-refractivity contribution in [2.75, 3.05) is 12.4 Å². The first kappa shape index (κ1) is 16.3. The second-order valence-electron chi connectivity index (χ2n) is 6.33. The molecule has 1 aromatic carbocycles. The molecule has 0 radical (unpaired) electrons. The van der Waals surface area contributed by atoms with Crippen molar-refractivity contribution in [3.05, 3.63) is 54.4 Å². The maximum Gasteiger partial charge on any atom is 0.228 e. The molecule has 4 aromatic heterocycles. The molecule has 5 rings (SSSR count). The Morgan fingerprint density at radius 1 is 1.11 bits per heavy atom. The van der Waals surface area contributed by atoms with E-state index in [0.29, 0.717) is 35.4 Å². The summed E-state index contributed by atoms with van der Waals surface area (Å²) < 4.78 is 14.0. The van der Waals surface area contributed by atoms with Gasteiger partial charge in [-0.15, -0.1) is 5.10 Å². The number of hydrogen-bond acceptors (Lipinski definition) is 7. The average Bonchev–Trinajstić information content (AvgIpc) is 3.44. The summed E-state index contributed by atoms with van der Waals surface area (Å²) in [5.74, 6) is 2.47. The lowest BCUT2D eigenvalue weighted by Crippen LogP contribution is -2.08. The van der Waals surface area contributed by atoms with Crippen LogP contribution in [-0.2, 0) is 13.6 Å². The molecule has 0 aliphatic heterocycles. The third-order valence-electron chi connectivity index (χ3n) is 4.42. The largest absolute Gasteiger partial charge is 0.497 e. The highest BCUT2D eigenvalue weighted by Crippen LogP contribution is 2.24. The van der Waals surface area contributed by atoms with Crippen LogP contribution in [0.1, 0.15) is 5.56 Å². The molecule has 0 bridgehead atoms. The van der Waals surface area contributed by atoms with Gasteiger partial charge in [-0.1, -0.05) is 12.1 Å². The van der Waals surface area contributed by atoms with Crippen molar-refractivity contribution in [1.29, 1.82) is 0 Å². The molecule has 0 unspecified atom stereocenters. The monoisotopic (exact) mass is 375 g/mol. The second-order valence-corrected chi connectivity index (χ2v) is 6.33. The van der Waals surface area contributed by atoms with E-state index in [-0.39, 0.29) is 0 Å². The number of furan rings is 1. The maximum absolute atomic E-state index is 5.45. The van der Waals surface area contributed by atoms with Crippen molar-refractivity contribution in [2.45, 2.75) is 6.54 Å². The standard InChI is InChI=1S/C19H17N7O2/c1-25-11-14-16(23-25)22-19(20-10-12-5-7-13(27-2)8-6-12)26-18(14)21-17(24-26)15-4-3-9-28-15/h3-9,11H,10H2,1-2H3,(H,20,22,23). The highest BCUT2D eigenvalue weighted by molar-refractivity contribution is 5.90. The molecule has 1 N–H and O–H groups in total. The fraction of sp³-hybridized carbons (Fsp3) is 0.158. The van der Waals surface area contributed by atoms with Crippen molar-refractivity contribution < 1.29 is 9.15 Å². The summed E-state index contributed by atoms with van der Waals surface area (Å²) in [6.45, 7) is 0.570. The first-order valence-electron chi connectivity index (χ1n) is 8.72. The Kier molecular flexibility index (Phi) is 3.71. The minimum Gasteiger partial charge on any atom is -0.497 e. The van der Waals surface area contributed by atoms with Crippen LogP contribution in [0.5, 0.6) is 5.75 Å². The van der Waals surface area contributed by atoms with E-state index in [9.17, 15) is 0 Å². The predicted molar refractivity (Wildman–Crippen MR) is 103 cm³/mol. The number of aromatic nitrogens is 6. The van der Waals surface area contributed by atoms with Crippen LogP contribution in [-0.4, -0.2) is 36.5 Å². The summed E-state index contributed by atoms with van der Waals surface area (Å²) in [5.41, 5.74) is 2.36. The molecule has 28 heavy (non-hydrogen) atoms. The maximum atomic E-state index is 5.45. The Morgan fingerprint density at radius 2 is 1.96 bits per heavy atom. The van der Waals surface area contributed by atoms with Crippen molar-refractivity contribution >= 4 is 22.6 Å². The van der Waals surface area contributed by atoms with Gasteiger partial charge in [0.25, 0.3) is 0 Å². The van der Waals surface area contributed by atoms with Gasteiger partial charge in [-0.25, -0.2) is 4.98 Å². The van der Waals surface area contributed by atoms with E-state index in [1.165, 1.54) is 0 Å². The van der Waals surface area contributed by atoms with Gasteiger partial charge in [-0.3, -0.25) is 4.68 Å². The van der Waals surface area contributed by atoms with Crippen molar-refractivity contribution in [2.24, 2.45) is 7.05 Å². The van der Waals surface area contributed by atoms with Crippen molar-refractivity contribution in [3.63, 3.8) is 0 Å². The van der Waals surface area contributed by atoms with Gasteiger partial charge in [0, 0.05) is 19.8 Å². The molecule has 0 amide bonds. The lowest BCUT2D eigenvalue weighted by Gasteiger charge is -2.08. The van der Waals surface area contributed by atoms with Crippen LogP contribution < -0.4 is 10.1 Å². The summed E-state index contributed by atoms with van der Waals surface area (Å²) >= 11 is 0. The van der Waals surface area contributed by atoms with E-state index in [0.717, 1.165) is 16.7 Å². The molecule has 9 heteroatoms. The summed E-state index contributed by atoms with van der Waals surface area (Å²) in [7, 11) is 3.50. The van der Waals surface area contributed by atoms with E-state index in [1.54, 1.807) is 22.6 Å². The molecule has 0 atom stereocenters. The Balaban J connectivity index is 1.57. The lowest BCUT2D eigenvalue weighted by atomic mass is 10.2. The summed E-state index contributed by atoms with van der Waals surface area (Å²) in [6, 6.07) is 11.5. The quantitative estimate of drug-likeness (QED) is 0.505. The molecule has 5 aromatic rings. The van der Waals surface area contributed by atoms with E-state index in [4.69, 9.17) is 9.15 Å². The van der Waals surface area contributed by atoms with Crippen LogP contribution in [0.4, 0.5) is 5.95 Å². The first-order valence-corrected chi connectivity index (χ1v) is 8.72. The van der Waals surface area contributed by atoms with Crippen LogP contribution in [0.3, 0.4) is 0 Å². The Labute approximate surface area is 159 Å². The Hall–Kier alpha value is -3.88. The molecule has 9 nitrogen and oxygen atoms in total. The van der Waals surface area contributed by atoms with Crippen LogP contribution in [0.25, 0.3) is 28.3 Å². The van der Waals surface area contributed by atoms with E-state index in [1.807, 2.05) is 49.6 Å². The normalized spacial score (nSPS) is 11.4. The van der Waals surface area contributed by atoms with Crippen LogP contribution >= 0.6 is 0 Å².